The zero-order chi connectivity index (χ0) is 13.0. The van der Waals surface area contributed by atoms with E-state index in [1.807, 2.05) is 6.92 Å². The number of rotatable bonds is 4. The van der Waals surface area contributed by atoms with Crippen molar-refractivity contribution in [3.63, 3.8) is 0 Å². The molecule has 0 saturated carbocycles. The van der Waals surface area contributed by atoms with Gasteiger partial charge >= 0.3 is 0 Å². The van der Waals surface area contributed by atoms with Gasteiger partial charge in [-0.15, -0.1) is 6.42 Å². The van der Waals surface area contributed by atoms with E-state index in [4.69, 9.17) is 10.8 Å². The zero-order valence-electron chi connectivity index (χ0n) is 11.3. The second kappa shape index (κ2) is 5.67. The highest BCUT2D eigenvalue weighted by atomic mass is 28.4. The maximum Gasteiger partial charge on any atom is 0.192 e. The Kier molecular flexibility index (Phi) is 5.47. The van der Waals surface area contributed by atoms with Crippen LogP contribution in [-0.2, 0) is 4.43 Å². The Morgan fingerprint density at radius 3 is 2.38 bits per heavy atom. The lowest BCUT2D eigenvalue weighted by atomic mass is 10.2. The lowest BCUT2D eigenvalue weighted by Crippen LogP contribution is -2.42. The van der Waals surface area contributed by atoms with Crippen molar-refractivity contribution >= 4 is 8.32 Å². The first-order valence-corrected chi connectivity index (χ1v) is 8.47. The van der Waals surface area contributed by atoms with Crippen molar-refractivity contribution < 1.29 is 9.53 Å². The van der Waals surface area contributed by atoms with Gasteiger partial charge in [0.15, 0.2) is 8.32 Å². The van der Waals surface area contributed by atoms with Gasteiger partial charge in [-0.3, -0.25) is 0 Å². The molecule has 0 aromatic rings. The Bertz CT molecular complexity index is 292. The minimum atomic E-state index is -1.78. The van der Waals surface area contributed by atoms with Gasteiger partial charge in [-0.05, 0) is 36.7 Å². The summed E-state index contributed by atoms with van der Waals surface area (Å²) in [7, 11) is -1.78. The fourth-order valence-electron chi connectivity index (χ4n) is 0.863. The molecule has 0 aromatic carbocycles. The Morgan fingerprint density at radius 2 is 2.00 bits per heavy atom. The van der Waals surface area contributed by atoms with Gasteiger partial charge in [0.1, 0.15) is 0 Å². The van der Waals surface area contributed by atoms with Crippen molar-refractivity contribution in [2.45, 2.75) is 51.9 Å². The summed E-state index contributed by atoms with van der Waals surface area (Å²) in [6.45, 7) is 13.0. The van der Waals surface area contributed by atoms with E-state index in [0.29, 0.717) is 6.61 Å². The van der Waals surface area contributed by atoms with Crippen LogP contribution in [0.4, 0.5) is 0 Å². The summed E-state index contributed by atoms with van der Waals surface area (Å²) >= 11 is 0. The average Bonchev–Trinajstić information content (AvgIpc) is 2.12. The van der Waals surface area contributed by atoms with Crippen LogP contribution in [0.3, 0.4) is 0 Å². The van der Waals surface area contributed by atoms with Gasteiger partial charge in [0.2, 0.25) is 0 Å². The summed E-state index contributed by atoms with van der Waals surface area (Å²) in [6.07, 6.45) is 6.14. The highest BCUT2D eigenvalue weighted by molar-refractivity contribution is 6.74. The fraction of sp³-hybridized carbons (Fsp3) is 0.692. The van der Waals surface area contributed by atoms with E-state index < -0.39 is 14.4 Å². The maximum atomic E-state index is 9.81. The normalized spacial score (nSPS) is 15.8. The van der Waals surface area contributed by atoms with Crippen molar-refractivity contribution in [3.05, 3.63) is 11.6 Å². The van der Waals surface area contributed by atoms with E-state index >= 15 is 0 Å². The number of hydrogen-bond donors (Lipinski definition) is 1. The standard InChI is InChI=1S/C13H24O2Si/c1-8-9-11(2)12(14)10-15-16(6,7)13(3,4)5/h1,9,12,14H,10H2,2-7H3/b11-9+/t12-/m0/s1. The van der Waals surface area contributed by atoms with Gasteiger partial charge in [0.25, 0.3) is 0 Å². The van der Waals surface area contributed by atoms with E-state index in [9.17, 15) is 5.11 Å². The molecule has 0 spiro atoms. The van der Waals surface area contributed by atoms with E-state index in [1.54, 1.807) is 6.08 Å². The minimum Gasteiger partial charge on any atom is -0.414 e. The van der Waals surface area contributed by atoms with Crippen molar-refractivity contribution in [3.8, 4) is 12.3 Å². The topological polar surface area (TPSA) is 29.5 Å². The predicted octanol–water partition coefficient (Wildman–Crippen LogP) is 2.95. The van der Waals surface area contributed by atoms with Gasteiger partial charge in [-0.25, -0.2) is 0 Å². The molecule has 0 aliphatic rings. The molecule has 0 aliphatic heterocycles. The third-order valence-corrected chi connectivity index (χ3v) is 7.75. The Hall–Kier alpha value is -0.563. The Balaban J connectivity index is 4.38. The molecule has 0 amide bonds. The molecular weight excluding hydrogens is 216 g/mol. The number of hydrogen-bond acceptors (Lipinski definition) is 2. The molecule has 0 saturated heterocycles. The van der Waals surface area contributed by atoms with Crippen LogP contribution >= 0.6 is 0 Å². The van der Waals surface area contributed by atoms with Crippen LogP contribution in [0.25, 0.3) is 0 Å². The lowest BCUT2D eigenvalue weighted by Gasteiger charge is -2.36. The highest BCUT2D eigenvalue weighted by Crippen LogP contribution is 2.36. The third kappa shape index (κ3) is 4.52. The van der Waals surface area contributed by atoms with Crippen molar-refractivity contribution in [1.82, 2.24) is 0 Å². The number of aliphatic hydroxyl groups is 1. The summed E-state index contributed by atoms with van der Waals surface area (Å²) in [5.74, 6) is 2.41. The third-order valence-electron chi connectivity index (χ3n) is 3.24. The van der Waals surface area contributed by atoms with Gasteiger partial charge in [-0.1, -0.05) is 26.7 Å². The molecule has 2 nitrogen and oxygen atoms in total. The molecule has 92 valence electrons. The first-order valence-electron chi connectivity index (χ1n) is 5.56. The smallest absolute Gasteiger partial charge is 0.192 e. The lowest BCUT2D eigenvalue weighted by molar-refractivity contribution is 0.127. The molecular formula is C13H24O2Si. The summed E-state index contributed by atoms with van der Waals surface area (Å²) in [4.78, 5) is 0. The fourth-order valence-corrected chi connectivity index (χ4v) is 1.87. The van der Waals surface area contributed by atoms with Crippen LogP contribution < -0.4 is 0 Å². The molecule has 0 fully saturated rings. The van der Waals surface area contributed by atoms with Crippen LogP contribution in [0.2, 0.25) is 18.1 Å². The summed E-state index contributed by atoms with van der Waals surface area (Å²) in [6, 6.07) is 0. The zero-order valence-corrected chi connectivity index (χ0v) is 12.3. The molecule has 0 heterocycles. The molecule has 0 radical (unpaired) electrons. The summed E-state index contributed by atoms with van der Waals surface area (Å²) in [5, 5.41) is 9.97. The van der Waals surface area contributed by atoms with E-state index in [-0.39, 0.29) is 5.04 Å². The van der Waals surface area contributed by atoms with E-state index in [0.717, 1.165) is 5.57 Å². The van der Waals surface area contributed by atoms with Crippen LogP contribution in [0, 0.1) is 12.3 Å². The van der Waals surface area contributed by atoms with Crippen molar-refractivity contribution in [2.75, 3.05) is 6.61 Å². The van der Waals surface area contributed by atoms with Crippen LogP contribution in [0.1, 0.15) is 27.7 Å². The Morgan fingerprint density at radius 1 is 1.50 bits per heavy atom. The number of allylic oxidation sites excluding steroid dienone is 1. The van der Waals surface area contributed by atoms with Gasteiger partial charge < -0.3 is 9.53 Å². The molecule has 0 unspecified atom stereocenters. The molecule has 0 rings (SSSR count). The molecule has 3 heteroatoms. The highest BCUT2D eigenvalue weighted by Gasteiger charge is 2.37. The largest absolute Gasteiger partial charge is 0.414 e. The van der Waals surface area contributed by atoms with Crippen LogP contribution in [0.15, 0.2) is 11.6 Å². The molecule has 16 heavy (non-hydrogen) atoms. The molecule has 0 aliphatic carbocycles. The van der Waals surface area contributed by atoms with E-state index in [1.165, 1.54) is 0 Å². The van der Waals surface area contributed by atoms with Crippen molar-refractivity contribution in [1.29, 1.82) is 0 Å². The molecule has 0 bridgehead atoms. The summed E-state index contributed by atoms with van der Waals surface area (Å²) in [5.41, 5.74) is 0.779. The Labute approximate surface area is 101 Å². The second-order valence-electron chi connectivity index (χ2n) is 5.64. The SMILES string of the molecule is C#C/C=C(\C)[C@@H](O)CO[Si](C)(C)C(C)(C)C. The second-order valence-corrected chi connectivity index (χ2v) is 10.5. The van der Waals surface area contributed by atoms with Gasteiger partial charge in [0, 0.05) is 0 Å². The first-order chi connectivity index (χ1) is 7.12. The van der Waals surface area contributed by atoms with Gasteiger partial charge in [0.05, 0.1) is 12.7 Å². The quantitative estimate of drug-likeness (QED) is 0.605. The predicted molar refractivity (Wildman–Crippen MR) is 71.7 cm³/mol. The molecule has 0 aromatic heterocycles. The van der Waals surface area contributed by atoms with Crippen LogP contribution in [-0.4, -0.2) is 26.1 Å². The molecule has 1 N–H and O–H groups in total. The average molecular weight is 240 g/mol. The minimum absolute atomic E-state index is 0.163. The number of aliphatic hydroxyl groups excluding tert-OH is 1. The number of terminal acetylenes is 1. The van der Waals surface area contributed by atoms with Crippen LogP contribution in [0.5, 0.6) is 0 Å². The molecule has 1 atom stereocenters. The summed E-state index contributed by atoms with van der Waals surface area (Å²) < 4.78 is 5.90. The van der Waals surface area contributed by atoms with Gasteiger partial charge in [-0.2, -0.15) is 0 Å². The van der Waals surface area contributed by atoms with Crippen molar-refractivity contribution in [2.24, 2.45) is 0 Å². The van der Waals surface area contributed by atoms with E-state index in [2.05, 4.69) is 39.8 Å². The monoisotopic (exact) mass is 240 g/mol. The maximum absolute atomic E-state index is 9.81. The first kappa shape index (κ1) is 15.4.